The number of carbonyl (C=O) groups excluding carboxylic acids is 1. The van der Waals surface area contributed by atoms with Crippen LogP contribution in [0.4, 0.5) is 0 Å². The van der Waals surface area contributed by atoms with Crippen LogP contribution in [0.15, 0.2) is 0 Å². The second-order valence-electron chi connectivity index (χ2n) is 3.69. The van der Waals surface area contributed by atoms with E-state index in [0.717, 1.165) is 0 Å². The molecule has 0 aliphatic heterocycles. The third kappa shape index (κ3) is 1.50. The van der Waals surface area contributed by atoms with Crippen molar-refractivity contribution in [3.8, 4) is 24.3 Å². The lowest BCUT2D eigenvalue weighted by Gasteiger charge is -2.24. The average Bonchev–Trinajstić information content (AvgIpc) is 2.73. The van der Waals surface area contributed by atoms with Crippen molar-refractivity contribution in [3.63, 3.8) is 0 Å². The van der Waals surface area contributed by atoms with E-state index in [0.29, 0.717) is 19.3 Å². The van der Waals surface area contributed by atoms with E-state index in [1.54, 1.807) is 24.3 Å². The zero-order valence-corrected chi connectivity index (χ0v) is 8.47. The molecule has 0 amide bonds. The van der Waals surface area contributed by atoms with Gasteiger partial charge in [0.25, 0.3) is 0 Å². The number of hydrogen-bond donors (Lipinski definition) is 0. The van der Waals surface area contributed by atoms with Gasteiger partial charge in [-0.1, -0.05) is 0 Å². The van der Waals surface area contributed by atoms with E-state index in [-0.39, 0.29) is 5.78 Å². The topological polar surface area (TPSA) is 112 Å². The van der Waals surface area contributed by atoms with E-state index in [1.165, 1.54) is 0 Å². The van der Waals surface area contributed by atoms with Gasteiger partial charge in [0.05, 0.1) is 30.2 Å². The molecule has 0 aromatic rings. The van der Waals surface area contributed by atoms with Crippen molar-refractivity contribution in [2.45, 2.75) is 19.3 Å². The monoisotopic (exact) mass is 212 g/mol. The van der Waals surface area contributed by atoms with Gasteiger partial charge in [-0.25, -0.2) is 0 Å². The number of hydrogen-bond acceptors (Lipinski definition) is 5. The number of nitriles is 4. The molecular weight excluding hydrogens is 204 g/mol. The molecule has 1 saturated carbocycles. The molecule has 78 valence electrons. The van der Waals surface area contributed by atoms with Gasteiger partial charge in [-0.2, -0.15) is 21.0 Å². The van der Waals surface area contributed by atoms with Crippen LogP contribution in [0.5, 0.6) is 0 Å². The summed E-state index contributed by atoms with van der Waals surface area (Å²) in [6, 6.07) is 6.69. The number of ketones is 1. The maximum absolute atomic E-state index is 11.6. The first-order valence-corrected chi connectivity index (χ1v) is 4.80. The lowest BCUT2D eigenvalue weighted by Crippen LogP contribution is -2.36. The van der Waals surface area contributed by atoms with Gasteiger partial charge in [0.1, 0.15) is 5.78 Å². The predicted molar refractivity (Wildman–Crippen MR) is 50.7 cm³/mol. The van der Waals surface area contributed by atoms with Gasteiger partial charge in [0, 0.05) is 6.42 Å². The Balaban J connectivity index is 3.24. The first kappa shape index (κ1) is 11.7. The molecule has 1 atom stereocenters. The Morgan fingerprint density at radius 3 is 2.06 bits per heavy atom. The Bertz CT molecular complexity index is 440. The summed E-state index contributed by atoms with van der Waals surface area (Å²) in [6.07, 6.45) is 1.33. The largest absolute Gasteiger partial charge is 0.299 e. The van der Waals surface area contributed by atoms with Crippen molar-refractivity contribution < 1.29 is 4.79 Å². The normalized spacial score (nSPS) is 19.6. The molecule has 5 heteroatoms. The summed E-state index contributed by atoms with van der Waals surface area (Å²) in [6.45, 7) is 0. The van der Waals surface area contributed by atoms with E-state index >= 15 is 0 Å². The van der Waals surface area contributed by atoms with Gasteiger partial charge < -0.3 is 0 Å². The first-order valence-electron chi connectivity index (χ1n) is 4.80. The number of Topliss-reactive ketones (excluding diaryl/α,β-unsaturated/α-hetero) is 1. The van der Waals surface area contributed by atoms with Gasteiger partial charge in [-0.3, -0.25) is 4.79 Å². The standard InChI is InChI=1S/C11H8N4O/c12-4-8(5-13)11(6-14,7-15)9-2-1-3-10(9)16/h8-9H,1-3H2. The Labute approximate surface area is 93.1 Å². The Morgan fingerprint density at radius 2 is 1.75 bits per heavy atom. The summed E-state index contributed by atoms with van der Waals surface area (Å²) in [5.74, 6) is -2.38. The van der Waals surface area contributed by atoms with Crippen LogP contribution in [-0.4, -0.2) is 5.78 Å². The fourth-order valence-corrected chi connectivity index (χ4v) is 2.04. The molecule has 1 aliphatic carbocycles. The zero-order chi connectivity index (χ0) is 12.2. The summed E-state index contributed by atoms with van der Waals surface area (Å²) in [5, 5.41) is 35.7. The maximum Gasteiger partial charge on any atom is 0.182 e. The zero-order valence-electron chi connectivity index (χ0n) is 8.47. The number of nitrogens with zero attached hydrogens (tertiary/aromatic N) is 4. The maximum atomic E-state index is 11.6. The lowest BCUT2D eigenvalue weighted by atomic mass is 9.68. The third-order valence-corrected chi connectivity index (χ3v) is 2.94. The fraction of sp³-hybridized carbons (Fsp3) is 0.545. The van der Waals surface area contributed by atoms with Crippen LogP contribution >= 0.6 is 0 Å². The van der Waals surface area contributed by atoms with E-state index < -0.39 is 17.3 Å². The van der Waals surface area contributed by atoms with Gasteiger partial charge in [0.2, 0.25) is 0 Å². The highest BCUT2D eigenvalue weighted by Crippen LogP contribution is 2.42. The van der Waals surface area contributed by atoms with E-state index in [9.17, 15) is 4.79 Å². The molecule has 1 aliphatic rings. The van der Waals surface area contributed by atoms with Crippen molar-refractivity contribution in [1.82, 2.24) is 0 Å². The van der Waals surface area contributed by atoms with E-state index in [1.807, 2.05) is 0 Å². The Kier molecular flexibility index (Phi) is 3.24. The summed E-state index contributed by atoms with van der Waals surface area (Å²) in [4.78, 5) is 11.6. The van der Waals surface area contributed by atoms with Crippen LogP contribution in [0.1, 0.15) is 19.3 Å². The van der Waals surface area contributed by atoms with Crippen LogP contribution in [0.25, 0.3) is 0 Å². The second-order valence-corrected chi connectivity index (χ2v) is 3.69. The molecule has 0 radical (unpaired) electrons. The number of carbonyl (C=O) groups is 1. The minimum absolute atomic E-state index is 0.196. The van der Waals surface area contributed by atoms with Crippen molar-refractivity contribution in [2.24, 2.45) is 17.3 Å². The van der Waals surface area contributed by atoms with Crippen LogP contribution < -0.4 is 0 Å². The molecule has 1 rings (SSSR count). The Morgan fingerprint density at radius 1 is 1.19 bits per heavy atom. The van der Waals surface area contributed by atoms with E-state index in [4.69, 9.17) is 21.0 Å². The van der Waals surface area contributed by atoms with E-state index in [2.05, 4.69) is 0 Å². The molecule has 0 bridgehead atoms. The van der Waals surface area contributed by atoms with Crippen molar-refractivity contribution in [3.05, 3.63) is 0 Å². The van der Waals surface area contributed by atoms with Crippen LogP contribution in [0.2, 0.25) is 0 Å². The summed E-state index contributed by atoms with van der Waals surface area (Å²) in [7, 11) is 0. The molecule has 0 spiro atoms. The van der Waals surface area contributed by atoms with Gasteiger partial charge in [0.15, 0.2) is 11.3 Å². The van der Waals surface area contributed by atoms with Crippen molar-refractivity contribution in [2.75, 3.05) is 0 Å². The molecule has 0 saturated heterocycles. The SMILES string of the molecule is N#CC(C#N)C(C#N)(C#N)C1CCCC1=O. The molecule has 16 heavy (non-hydrogen) atoms. The minimum Gasteiger partial charge on any atom is -0.299 e. The Hall–Kier alpha value is -2.37. The van der Waals surface area contributed by atoms with Crippen LogP contribution in [-0.2, 0) is 4.79 Å². The highest BCUT2D eigenvalue weighted by molar-refractivity contribution is 5.85. The molecule has 0 aromatic heterocycles. The first-order chi connectivity index (χ1) is 7.66. The number of rotatable bonds is 2. The molecule has 0 heterocycles. The van der Waals surface area contributed by atoms with Crippen molar-refractivity contribution >= 4 is 5.78 Å². The molecular formula is C11H8N4O. The van der Waals surface area contributed by atoms with Crippen LogP contribution in [0, 0.1) is 62.6 Å². The predicted octanol–water partition coefficient (Wildman–Crippen LogP) is 1.05. The third-order valence-electron chi connectivity index (χ3n) is 2.94. The molecule has 0 aromatic carbocycles. The van der Waals surface area contributed by atoms with Crippen LogP contribution in [0.3, 0.4) is 0 Å². The second kappa shape index (κ2) is 4.43. The molecule has 0 N–H and O–H groups in total. The highest BCUT2D eigenvalue weighted by Gasteiger charge is 2.52. The lowest BCUT2D eigenvalue weighted by molar-refractivity contribution is -0.122. The average molecular weight is 212 g/mol. The quantitative estimate of drug-likeness (QED) is 0.678. The molecule has 5 nitrogen and oxygen atoms in total. The fourth-order valence-electron chi connectivity index (χ4n) is 2.04. The van der Waals surface area contributed by atoms with Gasteiger partial charge >= 0.3 is 0 Å². The summed E-state index contributed by atoms with van der Waals surface area (Å²) >= 11 is 0. The smallest absolute Gasteiger partial charge is 0.182 e. The van der Waals surface area contributed by atoms with Crippen molar-refractivity contribution in [1.29, 1.82) is 21.0 Å². The minimum atomic E-state index is -1.81. The summed E-state index contributed by atoms with van der Waals surface area (Å²) < 4.78 is 0. The molecule has 1 fully saturated rings. The van der Waals surface area contributed by atoms with Gasteiger partial charge in [-0.15, -0.1) is 0 Å². The van der Waals surface area contributed by atoms with Gasteiger partial charge in [-0.05, 0) is 12.8 Å². The summed E-state index contributed by atoms with van der Waals surface area (Å²) in [5.41, 5.74) is -1.81. The highest BCUT2D eigenvalue weighted by atomic mass is 16.1. The molecule has 1 unspecified atom stereocenters.